The summed E-state index contributed by atoms with van der Waals surface area (Å²) in [6.45, 7) is 4.10. The van der Waals surface area contributed by atoms with Crippen molar-refractivity contribution in [1.82, 2.24) is 9.88 Å². The molecule has 0 atom stereocenters. The Morgan fingerprint density at radius 3 is 2.80 bits per heavy atom. The molecular formula is C16H20N2O2. The molecule has 1 amide bonds. The number of hydrogen-bond acceptors (Lipinski definition) is 3. The summed E-state index contributed by atoms with van der Waals surface area (Å²) in [5, 5.41) is 1.08. The molecule has 0 radical (unpaired) electrons. The Labute approximate surface area is 119 Å². The lowest BCUT2D eigenvalue weighted by atomic mass is 10.1. The Morgan fingerprint density at radius 1 is 1.35 bits per heavy atom. The maximum Gasteiger partial charge on any atom is 0.254 e. The molecule has 0 fully saturated rings. The summed E-state index contributed by atoms with van der Waals surface area (Å²) < 4.78 is 5.23. The predicted octanol–water partition coefficient (Wildman–Crippen LogP) is 2.62. The molecule has 0 aliphatic carbocycles. The van der Waals surface area contributed by atoms with E-state index in [0.717, 1.165) is 16.5 Å². The molecule has 2 aromatic rings. The molecule has 2 rings (SSSR count). The fourth-order valence-electron chi connectivity index (χ4n) is 2.12. The molecule has 1 aromatic carbocycles. The van der Waals surface area contributed by atoms with Crippen LogP contribution >= 0.6 is 0 Å². The van der Waals surface area contributed by atoms with Gasteiger partial charge in [-0.3, -0.25) is 9.78 Å². The number of benzene rings is 1. The third-order valence-electron chi connectivity index (χ3n) is 3.46. The number of amides is 1. The largest absolute Gasteiger partial charge is 0.369 e. The molecule has 0 N–H and O–H groups in total. The van der Waals surface area contributed by atoms with E-state index in [1.54, 1.807) is 39.1 Å². The van der Waals surface area contributed by atoms with E-state index in [1.807, 2.05) is 24.3 Å². The van der Waals surface area contributed by atoms with Gasteiger partial charge in [0.2, 0.25) is 0 Å². The topological polar surface area (TPSA) is 42.4 Å². The Hall–Kier alpha value is -1.94. The molecule has 4 heteroatoms. The van der Waals surface area contributed by atoms with Crippen molar-refractivity contribution in [2.75, 3.05) is 14.2 Å². The van der Waals surface area contributed by atoms with Crippen molar-refractivity contribution in [3.8, 4) is 0 Å². The molecule has 0 aliphatic heterocycles. The van der Waals surface area contributed by atoms with E-state index >= 15 is 0 Å². The van der Waals surface area contributed by atoms with Gasteiger partial charge in [0.1, 0.15) is 5.60 Å². The zero-order valence-electron chi connectivity index (χ0n) is 12.4. The first-order valence-corrected chi connectivity index (χ1v) is 6.58. The van der Waals surface area contributed by atoms with E-state index in [1.165, 1.54) is 0 Å². The molecular weight excluding hydrogens is 252 g/mol. The highest BCUT2D eigenvalue weighted by molar-refractivity contribution is 5.84. The summed E-state index contributed by atoms with van der Waals surface area (Å²) in [5.41, 5.74) is 1.24. The molecule has 20 heavy (non-hydrogen) atoms. The number of carbonyl (C=O) groups excluding carboxylic acids is 1. The highest BCUT2D eigenvalue weighted by atomic mass is 16.5. The maximum absolute atomic E-state index is 12.3. The van der Waals surface area contributed by atoms with Crippen molar-refractivity contribution in [3.05, 3.63) is 42.1 Å². The summed E-state index contributed by atoms with van der Waals surface area (Å²) in [7, 11) is 3.34. The van der Waals surface area contributed by atoms with Gasteiger partial charge < -0.3 is 9.64 Å². The fraction of sp³-hybridized carbons (Fsp3) is 0.375. The van der Waals surface area contributed by atoms with E-state index in [2.05, 4.69) is 11.1 Å². The van der Waals surface area contributed by atoms with Gasteiger partial charge in [-0.25, -0.2) is 0 Å². The van der Waals surface area contributed by atoms with Crippen molar-refractivity contribution in [2.45, 2.75) is 26.0 Å². The van der Waals surface area contributed by atoms with Crippen molar-refractivity contribution < 1.29 is 9.53 Å². The average Bonchev–Trinajstić information content (AvgIpc) is 2.46. The molecule has 0 saturated carbocycles. The number of rotatable bonds is 4. The molecule has 106 valence electrons. The summed E-state index contributed by atoms with van der Waals surface area (Å²) in [5.74, 6) is -0.0358. The molecule has 0 spiro atoms. The van der Waals surface area contributed by atoms with Gasteiger partial charge in [0.15, 0.2) is 0 Å². The van der Waals surface area contributed by atoms with Crippen LogP contribution in [-0.2, 0) is 16.1 Å². The van der Waals surface area contributed by atoms with Crippen molar-refractivity contribution in [3.63, 3.8) is 0 Å². The Morgan fingerprint density at radius 2 is 2.10 bits per heavy atom. The van der Waals surface area contributed by atoms with Crippen LogP contribution in [0.3, 0.4) is 0 Å². The SMILES string of the molecule is COC(C)(C)C(=O)N(C)Cc1ccc2ncccc2c1. The van der Waals surface area contributed by atoms with E-state index < -0.39 is 5.60 Å². The minimum atomic E-state index is -0.798. The van der Waals surface area contributed by atoms with E-state index in [9.17, 15) is 4.79 Å². The van der Waals surface area contributed by atoms with Gasteiger partial charge in [0.25, 0.3) is 5.91 Å². The van der Waals surface area contributed by atoms with Gasteiger partial charge in [0, 0.05) is 32.3 Å². The summed E-state index contributed by atoms with van der Waals surface area (Å²) in [6, 6.07) is 9.97. The van der Waals surface area contributed by atoms with Gasteiger partial charge in [-0.2, -0.15) is 0 Å². The number of ether oxygens (including phenoxy) is 1. The number of nitrogens with zero attached hydrogens (tertiary/aromatic N) is 2. The number of fused-ring (bicyclic) bond motifs is 1. The minimum Gasteiger partial charge on any atom is -0.369 e. The van der Waals surface area contributed by atoms with Crippen LogP contribution < -0.4 is 0 Å². The van der Waals surface area contributed by atoms with Crippen LogP contribution in [0.4, 0.5) is 0 Å². The standard InChI is InChI=1S/C16H20N2O2/c1-16(2,20-4)15(19)18(3)11-12-7-8-14-13(10-12)6-5-9-17-14/h5-10H,11H2,1-4H3. The van der Waals surface area contributed by atoms with Crippen LogP contribution in [0.15, 0.2) is 36.5 Å². The Kier molecular flexibility index (Phi) is 4.04. The third kappa shape index (κ3) is 2.96. The first-order valence-electron chi connectivity index (χ1n) is 6.58. The first kappa shape index (κ1) is 14.5. The number of pyridine rings is 1. The van der Waals surface area contributed by atoms with Crippen LogP contribution in [0.2, 0.25) is 0 Å². The lowest BCUT2D eigenvalue weighted by Gasteiger charge is -2.28. The highest BCUT2D eigenvalue weighted by Gasteiger charge is 2.29. The molecule has 0 unspecified atom stereocenters. The van der Waals surface area contributed by atoms with Crippen molar-refractivity contribution in [2.24, 2.45) is 0 Å². The zero-order valence-corrected chi connectivity index (χ0v) is 12.4. The fourth-order valence-corrected chi connectivity index (χ4v) is 2.12. The van der Waals surface area contributed by atoms with Gasteiger partial charge >= 0.3 is 0 Å². The van der Waals surface area contributed by atoms with E-state index in [4.69, 9.17) is 4.74 Å². The second-order valence-corrected chi connectivity index (χ2v) is 5.41. The van der Waals surface area contributed by atoms with E-state index in [0.29, 0.717) is 6.54 Å². The predicted molar refractivity (Wildman–Crippen MR) is 79.3 cm³/mol. The minimum absolute atomic E-state index is 0.0358. The number of aromatic nitrogens is 1. The number of hydrogen-bond donors (Lipinski definition) is 0. The maximum atomic E-state index is 12.3. The third-order valence-corrected chi connectivity index (χ3v) is 3.46. The first-order chi connectivity index (χ1) is 9.44. The van der Waals surface area contributed by atoms with Crippen LogP contribution in [0.5, 0.6) is 0 Å². The lowest BCUT2D eigenvalue weighted by Crippen LogP contribution is -2.44. The van der Waals surface area contributed by atoms with Gasteiger partial charge in [-0.15, -0.1) is 0 Å². The molecule has 0 bridgehead atoms. The zero-order chi connectivity index (χ0) is 14.8. The molecule has 0 aliphatic rings. The Balaban J connectivity index is 2.17. The number of likely N-dealkylation sites (N-methyl/N-ethyl adjacent to an activating group) is 1. The molecule has 0 saturated heterocycles. The average molecular weight is 272 g/mol. The summed E-state index contributed by atoms with van der Waals surface area (Å²) in [6.07, 6.45) is 1.78. The second-order valence-electron chi connectivity index (χ2n) is 5.41. The van der Waals surface area contributed by atoms with Crippen molar-refractivity contribution >= 4 is 16.8 Å². The normalized spacial score (nSPS) is 11.6. The smallest absolute Gasteiger partial charge is 0.254 e. The summed E-state index contributed by atoms with van der Waals surface area (Å²) >= 11 is 0. The van der Waals surface area contributed by atoms with E-state index in [-0.39, 0.29) is 5.91 Å². The quantitative estimate of drug-likeness (QED) is 0.859. The van der Waals surface area contributed by atoms with Gasteiger partial charge in [-0.1, -0.05) is 12.1 Å². The van der Waals surface area contributed by atoms with Crippen LogP contribution in [0, 0.1) is 0 Å². The second kappa shape index (κ2) is 5.59. The van der Waals surface area contributed by atoms with Crippen LogP contribution in [0.25, 0.3) is 10.9 Å². The lowest BCUT2D eigenvalue weighted by molar-refractivity contribution is -0.150. The van der Waals surface area contributed by atoms with Gasteiger partial charge in [-0.05, 0) is 37.6 Å². The molecule has 4 nitrogen and oxygen atoms in total. The molecule has 1 heterocycles. The number of carbonyl (C=O) groups is 1. The number of methoxy groups -OCH3 is 1. The van der Waals surface area contributed by atoms with Crippen molar-refractivity contribution in [1.29, 1.82) is 0 Å². The Bertz CT molecular complexity index is 623. The highest BCUT2D eigenvalue weighted by Crippen LogP contribution is 2.17. The summed E-state index contributed by atoms with van der Waals surface area (Å²) in [4.78, 5) is 18.2. The molecule has 1 aromatic heterocycles. The van der Waals surface area contributed by atoms with Crippen LogP contribution in [0.1, 0.15) is 19.4 Å². The van der Waals surface area contributed by atoms with Gasteiger partial charge in [0.05, 0.1) is 5.52 Å². The monoisotopic (exact) mass is 272 g/mol. The van der Waals surface area contributed by atoms with Crippen LogP contribution in [-0.4, -0.2) is 35.5 Å².